The van der Waals surface area contributed by atoms with Gasteiger partial charge in [-0.3, -0.25) is 24.2 Å². The molecule has 2 aliphatic heterocycles. The number of halogens is 2. The fraction of sp³-hybridized carbons (Fsp3) is 0.400. The van der Waals surface area contributed by atoms with Gasteiger partial charge in [0, 0.05) is 72.1 Å². The van der Waals surface area contributed by atoms with Gasteiger partial charge in [0.25, 0.3) is 5.91 Å². The number of aliphatic hydroxyl groups is 1. The molecule has 3 unspecified atom stereocenters. The molecule has 23 heteroatoms. The molecule has 8 rings (SSSR count). The van der Waals surface area contributed by atoms with E-state index in [1.54, 1.807) is 65.5 Å². The van der Waals surface area contributed by atoms with E-state index in [4.69, 9.17) is 50.0 Å². The van der Waals surface area contributed by atoms with Gasteiger partial charge in [0.05, 0.1) is 118 Å². The Morgan fingerprint density at radius 1 is 0.843 bits per heavy atom. The highest BCUT2D eigenvalue weighted by Gasteiger charge is 2.44. The summed E-state index contributed by atoms with van der Waals surface area (Å²) in [5.74, 6) is -1.12. The molecule has 6 aromatic rings. The second kappa shape index (κ2) is 29.2. The lowest BCUT2D eigenvalue weighted by Crippen LogP contribution is -2.57. The van der Waals surface area contributed by atoms with E-state index >= 15 is 4.39 Å². The van der Waals surface area contributed by atoms with E-state index in [0.717, 1.165) is 27.3 Å². The molecule has 1 fully saturated rings. The lowest BCUT2D eigenvalue weighted by molar-refractivity contribution is -0.144. The number of amides is 4. The molecular weight excluding hydrogens is 1110 g/mol. The maximum absolute atomic E-state index is 15.3. The van der Waals surface area contributed by atoms with Crippen LogP contribution < -0.4 is 30.7 Å². The van der Waals surface area contributed by atoms with Crippen LogP contribution in [0.15, 0.2) is 95.6 Å². The monoisotopic (exact) mass is 1180 g/mol. The van der Waals surface area contributed by atoms with Crippen LogP contribution in [0.3, 0.4) is 0 Å². The van der Waals surface area contributed by atoms with Crippen LogP contribution in [0.25, 0.3) is 21.7 Å². The molecule has 2 aliphatic rings. The maximum atomic E-state index is 15.3. The standard InChI is InChI=1S/C60H69ClFN9O11S/c1-36-54(83-35-67-36)38-12-10-37(11-13-38)31-65-57(75)47-30-42(72)34-71(47)58(76)55(60(2,3)4)69-50(73)18-20-79-22-24-81-26-27-82-25-23-80-21-19-63-56(74)44-17-15-41(29-49(44)78-6)68-59-66-33-39-32-64-53(51-46(62)8-7-9-48(51)77-5)45-28-40(61)14-16-43(45)52(39)70-59/h7-17,28-29,33,35,42,47,55,72H,18-27,30-32,34H2,1-6H3,(H,63,74)(H,65,75)(H,69,73)(H,66,68,70). The first-order valence-electron chi connectivity index (χ1n) is 27.2. The Kier molecular flexibility index (Phi) is 21.7. The van der Waals surface area contributed by atoms with Crippen LogP contribution in [0, 0.1) is 18.2 Å². The fourth-order valence-electron chi connectivity index (χ4n) is 9.46. The first-order valence-corrected chi connectivity index (χ1v) is 28.4. The van der Waals surface area contributed by atoms with Crippen molar-refractivity contribution in [3.8, 4) is 33.2 Å². The number of aliphatic hydroxyl groups excluding tert-OH is 1. The van der Waals surface area contributed by atoms with Crippen molar-refractivity contribution in [3.63, 3.8) is 0 Å². The SMILES string of the molecule is COc1cc(Nc2ncc3c(n2)-c2ccc(Cl)cc2C(c2c(F)cccc2OC)=NC3)ccc1C(=O)NCCOCCOCCOCCOCCC(=O)NC(C(=O)N1CC(O)CC1C(=O)NCc1ccc(-c2scnc2C)cc1)C(C)(C)C. The zero-order chi connectivity index (χ0) is 59.0. The van der Waals surface area contributed by atoms with E-state index in [1.807, 2.05) is 58.0 Å². The lowest BCUT2D eigenvalue weighted by atomic mass is 9.85. The lowest BCUT2D eigenvalue weighted by Gasteiger charge is -2.35. The number of thiazole rings is 1. The number of hydrogen-bond acceptors (Lipinski definition) is 17. The zero-order valence-electron chi connectivity index (χ0n) is 47.2. The average Bonchev–Trinajstić information content (AvgIpc) is 3.66. The van der Waals surface area contributed by atoms with E-state index in [-0.39, 0.29) is 94.7 Å². The van der Waals surface area contributed by atoms with Crippen LogP contribution in [0.1, 0.15) is 71.9 Å². The number of aliphatic imine (C=N–C) groups is 1. The van der Waals surface area contributed by atoms with Crippen molar-refractivity contribution in [1.29, 1.82) is 0 Å². The summed E-state index contributed by atoms with van der Waals surface area (Å²) in [7, 11) is 2.95. The second-order valence-corrected chi connectivity index (χ2v) is 22.0. The van der Waals surface area contributed by atoms with Gasteiger partial charge in [-0.05, 0) is 59.9 Å². The number of methoxy groups -OCH3 is 2. The molecule has 1 saturated heterocycles. The summed E-state index contributed by atoms with van der Waals surface area (Å²) in [5, 5.41) is 22.8. The molecule has 0 radical (unpaired) electrons. The first-order chi connectivity index (χ1) is 40.0. The van der Waals surface area contributed by atoms with Gasteiger partial charge < -0.3 is 59.7 Å². The van der Waals surface area contributed by atoms with Crippen LogP contribution in [-0.4, -0.2) is 153 Å². The molecule has 4 amide bonds. The van der Waals surface area contributed by atoms with Crippen LogP contribution in [0.2, 0.25) is 5.02 Å². The summed E-state index contributed by atoms with van der Waals surface area (Å²) >= 11 is 8.03. The highest BCUT2D eigenvalue weighted by molar-refractivity contribution is 7.13. The second-order valence-electron chi connectivity index (χ2n) is 20.7. The number of rotatable bonds is 27. The molecule has 4 heterocycles. The van der Waals surface area contributed by atoms with Crippen molar-refractivity contribution >= 4 is 63.9 Å². The molecular formula is C60H69ClFN9O11S. The number of carbonyl (C=O) groups is 4. The number of hydrogen-bond donors (Lipinski definition) is 5. The topological polar surface area (TPSA) is 246 Å². The van der Waals surface area contributed by atoms with Crippen molar-refractivity contribution in [1.82, 2.24) is 35.8 Å². The number of fused-ring (bicyclic) bond motifs is 3. The largest absolute Gasteiger partial charge is 0.496 e. The van der Waals surface area contributed by atoms with Crippen LogP contribution in [0.5, 0.6) is 11.5 Å². The van der Waals surface area contributed by atoms with Gasteiger partial charge in [0.1, 0.15) is 29.4 Å². The molecule has 0 aliphatic carbocycles. The zero-order valence-corrected chi connectivity index (χ0v) is 48.8. The number of nitrogens with one attached hydrogen (secondary N) is 4. The molecule has 0 saturated carbocycles. The number of aromatic nitrogens is 3. The third-order valence-electron chi connectivity index (χ3n) is 13.7. The molecule has 4 aromatic carbocycles. The van der Waals surface area contributed by atoms with Gasteiger partial charge in [-0.25, -0.2) is 19.3 Å². The summed E-state index contributed by atoms with van der Waals surface area (Å²) in [6.07, 6.45) is 0.874. The number of ether oxygens (including phenoxy) is 6. The Morgan fingerprint density at radius 3 is 2.24 bits per heavy atom. The quantitative estimate of drug-likeness (QED) is 0.0314. The minimum Gasteiger partial charge on any atom is -0.496 e. The van der Waals surface area contributed by atoms with E-state index in [9.17, 15) is 24.3 Å². The number of carbonyl (C=O) groups excluding carboxylic acids is 4. The number of likely N-dealkylation sites (tertiary alicyclic amines) is 1. The van der Waals surface area contributed by atoms with E-state index in [0.29, 0.717) is 76.7 Å². The van der Waals surface area contributed by atoms with Gasteiger partial charge in [-0.15, -0.1) is 11.3 Å². The smallest absolute Gasteiger partial charge is 0.255 e. The number of nitrogens with zero attached hydrogens (tertiary/aromatic N) is 5. The molecule has 83 heavy (non-hydrogen) atoms. The number of benzene rings is 4. The molecule has 2 aromatic heterocycles. The van der Waals surface area contributed by atoms with E-state index < -0.39 is 35.3 Å². The number of anilines is 2. The average molecular weight is 1180 g/mol. The normalized spacial score (nSPS) is 15.1. The molecule has 5 N–H and O–H groups in total. The third-order valence-corrected chi connectivity index (χ3v) is 14.9. The Labute approximate surface area is 490 Å². The Hall–Kier alpha value is -7.44. The van der Waals surface area contributed by atoms with Crippen molar-refractivity contribution in [3.05, 3.63) is 135 Å². The minimum atomic E-state index is -0.953. The van der Waals surface area contributed by atoms with Crippen LogP contribution in [-0.2, 0) is 46.4 Å². The maximum Gasteiger partial charge on any atom is 0.255 e. The van der Waals surface area contributed by atoms with Crippen LogP contribution >= 0.6 is 22.9 Å². The molecule has 0 spiro atoms. The van der Waals surface area contributed by atoms with Crippen molar-refractivity contribution in [2.45, 2.75) is 71.8 Å². The predicted molar refractivity (Wildman–Crippen MR) is 313 cm³/mol. The molecule has 20 nitrogen and oxygen atoms in total. The Morgan fingerprint density at radius 2 is 1.55 bits per heavy atom. The predicted octanol–water partition coefficient (Wildman–Crippen LogP) is 7.48. The van der Waals surface area contributed by atoms with Gasteiger partial charge >= 0.3 is 0 Å². The number of aryl methyl sites for hydroxylation is 1. The summed E-state index contributed by atoms with van der Waals surface area (Å²) in [6.45, 7) is 10.2. The molecule has 0 bridgehead atoms. The highest BCUT2D eigenvalue weighted by Crippen LogP contribution is 2.37. The van der Waals surface area contributed by atoms with Gasteiger partial charge in [0.2, 0.25) is 23.7 Å². The Balaban J connectivity index is 0.682. The summed E-state index contributed by atoms with van der Waals surface area (Å²) in [6, 6.07) is 20.9. The summed E-state index contributed by atoms with van der Waals surface area (Å²) in [4.78, 5) is 74.6. The number of β-amino-alcohol motifs (C(OH)–C–C–N with tert-alkyl or cyclic N) is 1. The van der Waals surface area contributed by atoms with Crippen molar-refractivity contribution < 1.29 is 57.1 Å². The van der Waals surface area contributed by atoms with E-state index in [1.165, 1.54) is 25.2 Å². The summed E-state index contributed by atoms with van der Waals surface area (Å²) < 4.78 is 48.9. The highest BCUT2D eigenvalue weighted by atomic mass is 35.5. The van der Waals surface area contributed by atoms with Crippen LogP contribution in [0.4, 0.5) is 16.0 Å². The van der Waals surface area contributed by atoms with Gasteiger partial charge in [-0.2, -0.15) is 0 Å². The van der Waals surface area contributed by atoms with Gasteiger partial charge in [0.15, 0.2) is 0 Å². The van der Waals surface area contributed by atoms with E-state index in [2.05, 4.69) is 31.2 Å². The summed E-state index contributed by atoms with van der Waals surface area (Å²) in [5.41, 5.74) is 8.05. The molecule has 3 atom stereocenters. The Bertz CT molecular complexity index is 3270. The first kappa shape index (κ1) is 61.6. The van der Waals surface area contributed by atoms with Crippen molar-refractivity contribution in [2.75, 3.05) is 85.5 Å². The minimum absolute atomic E-state index is 0.000543. The fourth-order valence-corrected chi connectivity index (χ4v) is 10.4. The van der Waals surface area contributed by atoms with Crippen molar-refractivity contribution in [2.24, 2.45) is 10.4 Å². The molecule has 440 valence electrons. The third kappa shape index (κ3) is 16.2. The van der Waals surface area contributed by atoms with Gasteiger partial charge in [-0.1, -0.05) is 68.8 Å².